The number of ether oxygens (including phenoxy) is 1. The first-order valence-electron chi connectivity index (χ1n) is 10.2. The molecule has 2 heterocycles. The van der Waals surface area contributed by atoms with Crippen LogP contribution in [-0.2, 0) is 19.6 Å². The molecule has 3 atom stereocenters. The van der Waals surface area contributed by atoms with E-state index in [-0.39, 0.29) is 30.7 Å². The molecule has 0 spiro atoms. The number of amides is 1. The zero-order valence-corrected chi connectivity index (χ0v) is 18.2. The van der Waals surface area contributed by atoms with Crippen LogP contribution in [0.2, 0.25) is 0 Å². The van der Waals surface area contributed by atoms with Crippen molar-refractivity contribution in [3.63, 3.8) is 0 Å². The summed E-state index contributed by atoms with van der Waals surface area (Å²) in [6, 6.07) is 7.75. The zero-order valence-electron chi connectivity index (χ0n) is 17.4. The lowest BCUT2D eigenvalue weighted by atomic mass is 10.1. The Bertz CT molecular complexity index is 789. The molecule has 29 heavy (non-hydrogen) atoms. The average Bonchev–Trinajstić information content (AvgIpc) is 2.60. The van der Waals surface area contributed by atoms with Gasteiger partial charge >= 0.3 is 0 Å². The van der Waals surface area contributed by atoms with E-state index in [4.69, 9.17) is 4.74 Å². The summed E-state index contributed by atoms with van der Waals surface area (Å²) in [5.41, 5.74) is 1.88. The molecule has 162 valence electrons. The number of morpholine rings is 1. The third-order valence-electron chi connectivity index (χ3n) is 5.19. The Labute approximate surface area is 173 Å². The Hall–Kier alpha value is -1.68. The molecule has 2 aliphatic heterocycles. The van der Waals surface area contributed by atoms with Crippen molar-refractivity contribution >= 4 is 27.3 Å². The van der Waals surface area contributed by atoms with Gasteiger partial charge < -0.3 is 15.0 Å². The quantitative estimate of drug-likeness (QED) is 0.714. The highest BCUT2D eigenvalue weighted by Gasteiger charge is 2.24. The molecule has 8 nitrogen and oxygen atoms in total. The summed E-state index contributed by atoms with van der Waals surface area (Å²) < 4.78 is 31.3. The maximum Gasteiger partial charge on any atom is 0.238 e. The fourth-order valence-electron chi connectivity index (χ4n) is 4.15. The number of hydrogen-bond donors (Lipinski definition) is 2. The molecule has 0 radical (unpaired) electrons. The molecule has 3 unspecified atom stereocenters. The van der Waals surface area contributed by atoms with E-state index in [0.717, 1.165) is 43.9 Å². The third-order valence-corrected chi connectivity index (χ3v) is 5.95. The van der Waals surface area contributed by atoms with E-state index in [9.17, 15) is 13.2 Å². The molecule has 2 aliphatic rings. The Balaban J connectivity index is 1.50. The first-order valence-corrected chi connectivity index (χ1v) is 12.1. The number of nitrogens with one attached hydrogen (secondary N) is 2. The fraction of sp³-hybridized carbons (Fsp3) is 0.650. The van der Waals surface area contributed by atoms with Crippen LogP contribution < -0.4 is 14.9 Å². The van der Waals surface area contributed by atoms with Crippen LogP contribution >= 0.6 is 0 Å². The SMILES string of the molecule is CC1CN(c2ccc(NC(=O)CN3CCCC(NS(C)(=O)=O)C3)cc2)CC(C)O1. The van der Waals surface area contributed by atoms with Crippen molar-refractivity contribution in [2.45, 2.75) is 44.9 Å². The van der Waals surface area contributed by atoms with E-state index in [1.165, 1.54) is 6.26 Å². The minimum Gasteiger partial charge on any atom is -0.372 e. The second-order valence-electron chi connectivity index (χ2n) is 8.22. The van der Waals surface area contributed by atoms with Crippen LogP contribution in [0.3, 0.4) is 0 Å². The predicted molar refractivity (Wildman–Crippen MR) is 115 cm³/mol. The van der Waals surface area contributed by atoms with E-state index in [1.54, 1.807) is 0 Å². The Kier molecular flexibility index (Phi) is 7.15. The Morgan fingerprint density at radius 3 is 2.41 bits per heavy atom. The number of hydrogen-bond acceptors (Lipinski definition) is 6. The number of carbonyl (C=O) groups is 1. The van der Waals surface area contributed by atoms with Gasteiger partial charge in [0, 0.05) is 37.1 Å². The van der Waals surface area contributed by atoms with E-state index in [2.05, 4.69) is 28.8 Å². The summed E-state index contributed by atoms with van der Waals surface area (Å²) >= 11 is 0. The number of nitrogens with zero attached hydrogens (tertiary/aromatic N) is 2. The van der Waals surface area contributed by atoms with E-state index in [1.807, 2.05) is 29.2 Å². The second-order valence-corrected chi connectivity index (χ2v) is 10.0. The molecular formula is C20H32N4O4S. The van der Waals surface area contributed by atoms with Crippen LogP contribution in [0.15, 0.2) is 24.3 Å². The van der Waals surface area contributed by atoms with Gasteiger partial charge in [0.2, 0.25) is 15.9 Å². The van der Waals surface area contributed by atoms with Crippen molar-refractivity contribution in [2.24, 2.45) is 0 Å². The summed E-state index contributed by atoms with van der Waals surface area (Å²) in [6.07, 6.45) is 3.23. The summed E-state index contributed by atoms with van der Waals surface area (Å²) in [4.78, 5) is 16.7. The van der Waals surface area contributed by atoms with E-state index in [0.29, 0.717) is 6.54 Å². The first-order chi connectivity index (χ1) is 13.7. The van der Waals surface area contributed by atoms with Crippen LogP contribution in [0.5, 0.6) is 0 Å². The van der Waals surface area contributed by atoms with Gasteiger partial charge in [-0.25, -0.2) is 13.1 Å². The fourth-order valence-corrected chi connectivity index (χ4v) is 4.94. The number of rotatable bonds is 6. The van der Waals surface area contributed by atoms with Gasteiger partial charge in [-0.1, -0.05) is 0 Å². The monoisotopic (exact) mass is 424 g/mol. The third kappa shape index (κ3) is 6.95. The van der Waals surface area contributed by atoms with Crippen molar-refractivity contribution in [3.05, 3.63) is 24.3 Å². The topological polar surface area (TPSA) is 91.0 Å². The summed E-state index contributed by atoms with van der Waals surface area (Å²) in [6.45, 7) is 7.46. The van der Waals surface area contributed by atoms with E-state index < -0.39 is 10.0 Å². The van der Waals surface area contributed by atoms with Crippen molar-refractivity contribution in [2.75, 3.05) is 49.2 Å². The smallest absolute Gasteiger partial charge is 0.238 e. The lowest BCUT2D eigenvalue weighted by Gasteiger charge is -2.36. The number of piperidine rings is 1. The molecule has 1 amide bonds. The molecule has 2 saturated heterocycles. The van der Waals surface area contributed by atoms with Crippen LogP contribution in [0, 0.1) is 0 Å². The van der Waals surface area contributed by atoms with Gasteiger partial charge in [-0.15, -0.1) is 0 Å². The average molecular weight is 425 g/mol. The second kappa shape index (κ2) is 9.42. The number of anilines is 2. The normalized spacial score (nSPS) is 26.3. The van der Waals surface area contributed by atoms with Crippen molar-refractivity contribution in [1.29, 1.82) is 0 Å². The standard InChI is InChI=1S/C20H32N4O4S/c1-15-11-24(12-16(2)28-15)19-8-6-17(7-9-19)21-20(25)14-23-10-4-5-18(13-23)22-29(3,26)27/h6-9,15-16,18,22H,4-5,10-14H2,1-3H3,(H,21,25). The number of benzene rings is 1. The molecule has 9 heteroatoms. The molecule has 1 aromatic rings. The molecule has 2 fully saturated rings. The summed E-state index contributed by atoms with van der Waals surface area (Å²) in [7, 11) is -3.23. The van der Waals surface area contributed by atoms with Gasteiger partial charge in [0.1, 0.15) is 0 Å². The van der Waals surface area contributed by atoms with Gasteiger partial charge in [0.05, 0.1) is 25.0 Å². The molecule has 0 saturated carbocycles. The van der Waals surface area contributed by atoms with Gasteiger partial charge in [0.15, 0.2) is 0 Å². The van der Waals surface area contributed by atoms with Crippen LogP contribution in [0.25, 0.3) is 0 Å². The first kappa shape index (κ1) is 22.0. The summed E-state index contributed by atoms with van der Waals surface area (Å²) in [5.74, 6) is -0.0913. The van der Waals surface area contributed by atoms with Crippen molar-refractivity contribution < 1.29 is 17.9 Å². The molecule has 3 rings (SSSR count). The molecule has 2 N–H and O–H groups in total. The lowest BCUT2D eigenvalue weighted by Crippen LogP contribution is -2.49. The van der Waals surface area contributed by atoms with Gasteiger partial charge in [-0.3, -0.25) is 9.69 Å². The molecule has 0 aliphatic carbocycles. The predicted octanol–water partition coefficient (Wildman–Crippen LogP) is 1.25. The minimum absolute atomic E-state index is 0.0913. The highest BCUT2D eigenvalue weighted by molar-refractivity contribution is 7.88. The van der Waals surface area contributed by atoms with Gasteiger partial charge in [-0.2, -0.15) is 0 Å². The van der Waals surface area contributed by atoms with E-state index >= 15 is 0 Å². The van der Waals surface area contributed by atoms with Crippen LogP contribution in [0.1, 0.15) is 26.7 Å². The largest absolute Gasteiger partial charge is 0.372 e. The lowest BCUT2D eigenvalue weighted by molar-refractivity contribution is -0.117. The molecule has 0 aromatic heterocycles. The molecule has 1 aromatic carbocycles. The molecule has 0 bridgehead atoms. The minimum atomic E-state index is -3.23. The molecular weight excluding hydrogens is 392 g/mol. The van der Waals surface area contributed by atoms with Crippen LogP contribution in [0.4, 0.5) is 11.4 Å². The maximum atomic E-state index is 12.4. The Morgan fingerprint density at radius 2 is 1.79 bits per heavy atom. The zero-order chi connectivity index (χ0) is 21.0. The highest BCUT2D eigenvalue weighted by Crippen LogP contribution is 2.22. The van der Waals surface area contributed by atoms with Gasteiger partial charge in [0.25, 0.3) is 0 Å². The van der Waals surface area contributed by atoms with Crippen molar-refractivity contribution in [3.8, 4) is 0 Å². The number of carbonyl (C=O) groups excluding carboxylic acids is 1. The maximum absolute atomic E-state index is 12.4. The highest BCUT2D eigenvalue weighted by atomic mass is 32.2. The van der Waals surface area contributed by atoms with Crippen LogP contribution in [-0.4, -0.2) is 76.5 Å². The number of likely N-dealkylation sites (tertiary alicyclic amines) is 1. The van der Waals surface area contributed by atoms with Gasteiger partial charge in [-0.05, 0) is 57.5 Å². The summed E-state index contributed by atoms with van der Waals surface area (Å²) in [5, 5.41) is 2.94. The Morgan fingerprint density at radius 1 is 1.14 bits per heavy atom. The number of sulfonamides is 1. The van der Waals surface area contributed by atoms with Crippen molar-refractivity contribution in [1.82, 2.24) is 9.62 Å².